The number of ether oxygens (including phenoxy) is 1. The molecule has 0 saturated heterocycles. The van der Waals surface area contributed by atoms with Gasteiger partial charge in [0, 0.05) is 23.7 Å². The van der Waals surface area contributed by atoms with Crippen LogP contribution in [0.25, 0.3) is 10.9 Å². The lowest BCUT2D eigenvalue weighted by atomic mass is 9.85. The third kappa shape index (κ3) is 1.84. The zero-order valence-electron chi connectivity index (χ0n) is 12.2. The van der Waals surface area contributed by atoms with Crippen molar-refractivity contribution in [1.82, 2.24) is 9.47 Å². The quantitative estimate of drug-likeness (QED) is 0.841. The molecule has 0 amide bonds. The Morgan fingerprint density at radius 2 is 2.00 bits per heavy atom. The maximum absolute atomic E-state index is 5.55. The van der Waals surface area contributed by atoms with Crippen molar-refractivity contribution in [3.05, 3.63) is 30.0 Å². The van der Waals surface area contributed by atoms with Gasteiger partial charge in [-0.05, 0) is 51.6 Å². The molecule has 0 aliphatic heterocycles. The molecule has 0 N–H and O–H groups in total. The van der Waals surface area contributed by atoms with Crippen LogP contribution in [0.5, 0.6) is 5.75 Å². The smallest absolute Gasteiger partial charge is 0.131 e. The van der Waals surface area contributed by atoms with Crippen LogP contribution in [-0.2, 0) is 0 Å². The van der Waals surface area contributed by atoms with E-state index in [1.807, 2.05) is 0 Å². The molecule has 0 radical (unpaired) electrons. The summed E-state index contributed by atoms with van der Waals surface area (Å²) in [7, 11) is 6.10. The van der Waals surface area contributed by atoms with E-state index in [-0.39, 0.29) is 0 Å². The van der Waals surface area contributed by atoms with Crippen molar-refractivity contribution in [3.8, 4) is 5.75 Å². The van der Waals surface area contributed by atoms with Gasteiger partial charge in [-0.25, -0.2) is 0 Å². The lowest BCUT2D eigenvalue weighted by Gasteiger charge is -2.42. The molecule has 1 heterocycles. The van der Waals surface area contributed by atoms with Crippen LogP contribution in [0.2, 0.25) is 0 Å². The van der Waals surface area contributed by atoms with Crippen molar-refractivity contribution in [2.24, 2.45) is 0 Å². The predicted molar refractivity (Wildman–Crippen MR) is 79.0 cm³/mol. The molecule has 3 rings (SSSR count). The first-order chi connectivity index (χ1) is 9.13. The van der Waals surface area contributed by atoms with E-state index in [4.69, 9.17) is 4.74 Å². The molecule has 2 atom stereocenters. The standard InChI is InChI=1S/C16H22N2O/c1-11-5-6-13-12(16(11)19-4)9-10-18(13)15-8-7-14(15)17(2)3/h5-6,9-10,14-15H,7-8H2,1-4H3. The number of aryl methyl sites for hydroxylation is 1. The summed E-state index contributed by atoms with van der Waals surface area (Å²) in [5.41, 5.74) is 2.49. The maximum Gasteiger partial charge on any atom is 0.131 e. The minimum absolute atomic E-state index is 0.597. The Kier molecular flexibility index (Phi) is 3.02. The molecule has 0 spiro atoms. The van der Waals surface area contributed by atoms with Crippen LogP contribution in [0.15, 0.2) is 24.4 Å². The fraction of sp³-hybridized carbons (Fsp3) is 0.500. The van der Waals surface area contributed by atoms with Crippen LogP contribution in [-0.4, -0.2) is 36.7 Å². The number of benzene rings is 1. The van der Waals surface area contributed by atoms with E-state index in [1.54, 1.807) is 7.11 Å². The van der Waals surface area contributed by atoms with Gasteiger partial charge in [0.25, 0.3) is 0 Å². The van der Waals surface area contributed by atoms with Gasteiger partial charge in [0.15, 0.2) is 0 Å². The summed E-state index contributed by atoms with van der Waals surface area (Å²) >= 11 is 0. The van der Waals surface area contributed by atoms with Gasteiger partial charge < -0.3 is 14.2 Å². The average molecular weight is 258 g/mol. The van der Waals surface area contributed by atoms with Crippen LogP contribution in [0, 0.1) is 6.92 Å². The highest BCUT2D eigenvalue weighted by molar-refractivity contribution is 5.88. The highest BCUT2D eigenvalue weighted by Crippen LogP contribution is 2.39. The van der Waals surface area contributed by atoms with Crippen molar-refractivity contribution < 1.29 is 4.74 Å². The van der Waals surface area contributed by atoms with Crippen molar-refractivity contribution in [2.75, 3.05) is 21.2 Å². The first-order valence-electron chi connectivity index (χ1n) is 6.94. The molecule has 3 nitrogen and oxygen atoms in total. The van der Waals surface area contributed by atoms with Crippen molar-refractivity contribution in [2.45, 2.75) is 31.8 Å². The second-order valence-corrected chi connectivity index (χ2v) is 5.75. The third-order valence-electron chi connectivity index (χ3n) is 4.48. The molecule has 1 fully saturated rings. The maximum atomic E-state index is 5.55. The molecule has 3 heteroatoms. The largest absolute Gasteiger partial charge is 0.496 e. The number of nitrogens with zero attached hydrogens (tertiary/aromatic N) is 2. The van der Waals surface area contributed by atoms with Crippen molar-refractivity contribution in [1.29, 1.82) is 0 Å². The summed E-state index contributed by atoms with van der Waals surface area (Å²) in [6.07, 6.45) is 4.77. The highest BCUT2D eigenvalue weighted by Gasteiger charge is 2.34. The van der Waals surface area contributed by atoms with E-state index in [0.29, 0.717) is 12.1 Å². The Hall–Kier alpha value is -1.48. The van der Waals surface area contributed by atoms with Gasteiger partial charge in [0.05, 0.1) is 12.6 Å². The van der Waals surface area contributed by atoms with Gasteiger partial charge in [0.2, 0.25) is 0 Å². The topological polar surface area (TPSA) is 17.4 Å². The molecular formula is C16H22N2O. The Balaban J connectivity index is 2.07. The van der Waals surface area contributed by atoms with E-state index >= 15 is 0 Å². The number of fused-ring (bicyclic) bond motifs is 1. The van der Waals surface area contributed by atoms with E-state index in [0.717, 1.165) is 5.75 Å². The third-order valence-corrected chi connectivity index (χ3v) is 4.48. The molecule has 1 saturated carbocycles. The van der Waals surface area contributed by atoms with Crippen molar-refractivity contribution >= 4 is 10.9 Å². The zero-order chi connectivity index (χ0) is 13.6. The van der Waals surface area contributed by atoms with E-state index in [1.165, 1.54) is 29.3 Å². The Morgan fingerprint density at radius 1 is 1.21 bits per heavy atom. The predicted octanol–water partition coefficient (Wildman–Crippen LogP) is 3.22. The lowest BCUT2D eigenvalue weighted by Crippen LogP contribution is -2.43. The molecule has 2 aromatic rings. The first-order valence-corrected chi connectivity index (χ1v) is 6.94. The Bertz CT molecular complexity index is 600. The number of hydrogen-bond donors (Lipinski definition) is 0. The first kappa shape index (κ1) is 12.5. The molecule has 102 valence electrons. The Labute approximate surface area is 114 Å². The van der Waals surface area contributed by atoms with Gasteiger partial charge in [-0.3, -0.25) is 0 Å². The molecule has 1 aliphatic rings. The minimum Gasteiger partial charge on any atom is -0.496 e. The molecule has 0 bridgehead atoms. The molecular weight excluding hydrogens is 236 g/mol. The summed E-state index contributed by atoms with van der Waals surface area (Å²) in [4.78, 5) is 2.34. The molecule has 2 unspecified atom stereocenters. The van der Waals surface area contributed by atoms with E-state index < -0.39 is 0 Å². The van der Waals surface area contributed by atoms with Gasteiger partial charge >= 0.3 is 0 Å². The average Bonchev–Trinajstić information content (AvgIpc) is 2.71. The van der Waals surface area contributed by atoms with Crippen LogP contribution < -0.4 is 4.74 Å². The fourth-order valence-electron chi connectivity index (χ4n) is 3.27. The number of rotatable bonds is 3. The SMILES string of the molecule is COc1c(C)ccc2c1ccn2C1CCC1N(C)C. The monoisotopic (exact) mass is 258 g/mol. The molecule has 19 heavy (non-hydrogen) atoms. The summed E-state index contributed by atoms with van der Waals surface area (Å²) in [6, 6.07) is 7.81. The van der Waals surface area contributed by atoms with Crippen LogP contribution >= 0.6 is 0 Å². The zero-order valence-corrected chi connectivity index (χ0v) is 12.2. The summed E-state index contributed by atoms with van der Waals surface area (Å²) in [6.45, 7) is 2.10. The molecule has 1 aromatic carbocycles. The van der Waals surface area contributed by atoms with Gasteiger partial charge in [-0.2, -0.15) is 0 Å². The lowest BCUT2D eigenvalue weighted by molar-refractivity contribution is 0.116. The highest BCUT2D eigenvalue weighted by atomic mass is 16.5. The van der Waals surface area contributed by atoms with E-state index in [9.17, 15) is 0 Å². The number of methoxy groups -OCH3 is 1. The Morgan fingerprint density at radius 3 is 2.58 bits per heavy atom. The second kappa shape index (κ2) is 4.57. The van der Waals surface area contributed by atoms with Crippen LogP contribution in [0.1, 0.15) is 24.4 Å². The molecule has 1 aromatic heterocycles. The van der Waals surface area contributed by atoms with Gasteiger partial charge in [-0.15, -0.1) is 0 Å². The van der Waals surface area contributed by atoms with Crippen molar-refractivity contribution in [3.63, 3.8) is 0 Å². The number of aromatic nitrogens is 1. The second-order valence-electron chi connectivity index (χ2n) is 5.75. The summed E-state index contributed by atoms with van der Waals surface area (Å²) in [5.74, 6) is 1.01. The number of hydrogen-bond acceptors (Lipinski definition) is 2. The fourth-order valence-corrected chi connectivity index (χ4v) is 3.27. The molecule has 1 aliphatic carbocycles. The van der Waals surface area contributed by atoms with E-state index in [2.05, 4.69) is 54.9 Å². The summed E-state index contributed by atoms with van der Waals surface area (Å²) < 4.78 is 7.98. The van der Waals surface area contributed by atoms with Crippen LogP contribution in [0.3, 0.4) is 0 Å². The van der Waals surface area contributed by atoms with Gasteiger partial charge in [0.1, 0.15) is 5.75 Å². The van der Waals surface area contributed by atoms with Gasteiger partial charge in [-0.1, -0.05) is 6.07 Å². The normalized spacial score (nSPS) is 22.8. The van der Waals surface area contributed by atoms with Crippen LogP contribution in [0.4, 0.5) is 0 Å². The number of likely N-dealkylation sites (N-methyl/N-ethyl adjacent to an activating group) is 1. The minimum atomic E-state index is 0.597. The summed E-state index contributed by atoms with van der Waals surface area (Å²) in [5, 5.41) is 1.23.